The molecule has 1 aromatic carbocycles. The smallest absolute Gasteiger partial charge is 0.266 e. The number of amides is 2. The standard InChI is InChI=1S/C21H23N3O2S2/c1-12-9-13(2)18(14(3)10-12)23-17(25)11-24(5)21(26)19-15(4)22-20(28-19)16-7-6-8-27-16/h6-10H,11H2,1-5H3,(H,23,25). The van der Waals surface area contributed by atoms with Gasteiger partial charge in [0.25, 0.3) is 5.91 Å². The molecule has 0 aliphatic carbocycles. The van der Waals surface area contributed by atoms with E-state index < -0.39 is 0 Å². The molecule has 0 radical (unpaired) electrons. The van der Waals surface area contributed by atoms with Crippen molar-refractivity contribution in [3.8, 4) is 9.88 Å². The van der Waals surface area contributed by atoms with Crippen molar-refractivity contribution in [3.63, 3.8) is 0 Å². The Morgan fingerprint density at radius 3 is 2.43 bits per heavy atom. The summed E-state index contributed by atoms with van der Waals surface area (Å²) in [5.74, 6) is -0.406. The van der Waals surface area contributed by atoms with Gasteiger partial charge < -0.3 is 10.2 Å². The molecule has 1 N–H and O–H groups in total. The van der Waals surface area contributed by atoms with Crippen molar-refractivity contribution >= 4 is 40.2 Å². The Bertz CT molecular complexity index is 999. The van der Waals surface area contributed by atoms with Crippen LogP contribution in [0.2, 0.25) is 0 Å². The summed E-state index contributed by atoms with van der Waals surface area (Å²) in [5, 5.41) is 5.76. The Labute approximate surface area is 173 Å². The lowest BCUT2D eigenvalue weighted by atomic mass is 10.1. The molecule has 0 aliphatic heterocycles. The predicted molar refractivity (Wildman–Crippen MR) is 116 cm³/mol. The van der Waals surface area contributed by atoms with Crippen molar-refractivity contribution in [2.24, 2.45) is 0 Å². The largest absolute Gasteiger partial charge is 0.332 e. The number of anilines is 1. The summed E-state index contributed by atoms with van der Waals surface area (Å²) >= 11 is 2.96. The Balaban J connectivity index is 1.70. The van der Waals surface area contributed by atoms with Crippen molar-refractivity contribution in [1.29, 1.82) is 0 Å². The number of hydrogen-bond acceptors (Lipinski definition) is 5. The number of aryl methyl sites for hydroxylation is 4. The molecule has 146 valence electrons. The van der Waals surface area contributed by atoms with Gasteiger partial charge in [0.15, 0.2) is 0 Å². The number of carbonyl (C=O) groups excluding carboxylic acids is 2. The van der Waals surface area contributed by atoms with Gasteiger partial charge in [0.05, 0.1) is 17.1 Å². The molecule has 0 fully saturated rings. The molecular weight excluding hydrogens is 390 g/mol. The zero-order valence-corrected chi connectivity index (χ0v) is 18.3. The van der Waals surface area contributed by atoms with Gasteiger partial charge >= 0.3 is 0 Å². The van der Waals surface area contributed by atoms with E-state index in [9.17, 15) is 9.59 Å². The summed E-state index contributed by atoms with van der Waals surface area (Å²) < 4.78 is 0. The van der Waals surface area contributed by atoms with Gasteiger partial charge in [-0.25, -0.2) is 4.98 Å². The lowest BCUT2D eigenvalue weighted by Crippen LogP contribution is -2.35. The summed E-state index contributed by atoms with van der Waals surface area (Å²) in [6.45, 7) is 7.78. The SMILES string of the molecule is Cc1cc(C)c(NC(=O)CN(C)C(=O)c2sc(-c3cccs3)nc2C)c(C)c1. The predicted octanol–water partition coefficient (Wildman–Crippen LogP) is 4.82. The molecule has 0 saturated carbocycles. The molecule has 0 aliphatic rings. The third kappa shape index (κ3) is 4.31. The lowest BCUT2D eigenvalue weighted by molar-refractivity contribution is -0.116. The van der Waals surface area contributed by atoms with Crippen molar-refractivity contribution in [3.05, 3.63) is 56.9 Å². The molecule has 3 aromatic rings. The van der Waals surface area contributed by atoms with Crippen LogP contribution in [0.4, 0.5) is 5.69 Å². The van der Waals surface area contributed by atoms with E-state index in [0.29, 0.717) is 10.6 Å². The number of benzene rings is 1. The van der Waals surface area contributed by atoms with E-state index in [1.165, 1.54) is 16.2 Å². The molecule has 0 atom stereocenters. The van der Waals surface area contributed by atoms with Crippen LogP contribution in [-0.2, 0) is 4.79 Å². The van der Waals surface area contributed by atoms with Crippen molar-refractivity contribution < 1.29 is 9.59 Å². The number of hydrogen-bond donors (Lipinski definition) is 1. The fraction of sp³-hybridized carbons (Fsp3) is 0.286. The minimum Gasteiger partial charge on any atom is -0.332 e. The van der Waals surface area contributed by atoms with Crippen LogP contribution in [-0.4, -0.2) is 35.3 Å². The minimum atomic E-state index is -0.216. The van der Waals surface area contributed by atoms with Crippen LogP contribution in [0.15, 0.2) is 29.6 Å². The van der Waals surface area contributed by atoms with Crippen LogP contribution >= 0.6 is 22.7 Å². The fourth-order valence-electron chi connectivity index (χ4n) is 3.12. The number of thiazole rings is 1. The average Bonchev–Trinajstić information content (AvgIpc) is 3.26. The van der Waals surface area contributed by atoms with Gasteiger partial charge in [-0.2, -0.15) is 0 Å². The van der Waals surface area contributed by atoms with Gasteiger partial charge in [-0.1, -0.05) is 23.8 Å². The van der Waals surface area contributed by atoms with E-state index in [2.05, 4.69) is 10.3 Å². The number of likely N-dealkylation sites (N-methyl/N-ethyl adjacent to an activating group) is 1. The van der Waals surface area contributed by atoms with E-state index >= 15 is 0 Å². The highest BCUT2D eigenvalue weighted by Gasteiger charge is 2.22. The maximum absolute atomic E-state index is 12.8. The first kappa shape index (κ1) is 20.2. The number of rotatable bonds is 5. The average molecular weight is 414 g/mol. The molecule has 7 heteroatoms. The van der Waals surface area contributed by atoms with Gasteiger partial charge in [-0.05, 0) is 50.3 Å². The number of nitrogens with zero attached hydrogens (tertiary/aromatic N) is 2. The second-order valence-electron chi connectivity index (χ2n) is 6.89. The second kappa shape index (κ2) is 8.24. The maximum Gasteiger partial charge on any atom is 0.266 e. The number of aromatic nitrogens is 1. The van der Waals surface area contributed by atoms with Crippen LogP contribution in [0.3, 0.4) is 0 Å². The second-order valence-corrected chi connectivity index (χ2v) is 8.84. The Morgan fingerprint density at radius 2 is 1.82 bits per heavy atom. The van der Waals surface area contributed by atoms with Crippen molar-refractivity contribution in [1.82, 2.24) is 9.88 Å². The molecule has 0 unspecified atom stereocenters. The fourth-order valence-corrected chi connectivity index (χ4v) is 4.97. The Hall–Kier alpha value is -2.51. The topological polar surface area (TPSA) is 62.3 Å². The van der Waals surface area contributed by atoms with Crippen molar-refractivity contribution in [2.45, 2.75) is 27.7 Å². The first-order valence-electron chi connectivity index (χ1n) is 8.90. The van der Waals surface area contributed by atoms with E-state index in [0.717, 1.165) is 32.3 Å². The molecular formula is C21H23N3O2S2. The molecule has 2 heterocycles. The maximum atomic E-state index is 12.8. The third-order valence-corrected chi connectivity index (χ3v) is 6.58. The van der Waals surface area contributed by atoms with E-state index in [1.807, 2.05) is 57.3 Å². The summed E-state index contributed by atoms with van der Waals surface area (Å²) in [6, 6.07) is 8.01. The lowest BCUT2D eigenvalue weighted by Gasteiger charge is -2.18. The molecule has 2 aromatic heterocycles. The van der Waals surface area contributed by atoms with Crippen LogP contribution in [0.1, 0.15) is 32.1 Å². The van der Waals surface area contributed by atoms with Crippen LogP contribution in [0.25, 0.3) is 9.88 Å². The third-order valence-electron chi connectivity index (χ3n) is 4.39. The van der Waals surface area contributed by atoms with Gasteiger partial charge in [-0.15, -0.1) is 22.7 Å². The van der Waals surface area contributed by atoms with Crippen molar-refractivity contribution in [2.75, 3.05) is 18.9 Å². The number of nitrogens with one attached hydrogen (secondary N) is 1. The first-order chi connectivity index (χ1) is 13.3. The summed E-state index contributed by atoms with van der Waals surface area (Å²) in [7, 11) is 1.64. The van der Waals surface area contributed by atoms with E-state index in [4.69, 9.17) is 0 Å². The quantitative estimate of drug-likeness (QED) is 0.652. The van der Waals surface area contributed by atoms with Gasteiger partial charge in [-0.3, -0.25) is 9.59 Å². The number of thiophene rings is 1. The highest BCUT2D eigenvalue weighted by molar-refractivity contribution is 7.22. The molecule has 5 nitrogen and oxygen atoms in total. The molecule has 28 heavy (non-hydrogen) atoms. The molecule has 2 amide bonds. The highest BCUT2D eigenvalue weighted by Crippen LogP contribution is 2.31. The van der Waals surface area contributed by atoms with E-state index in [1.54, 1.807) is 18.4 Å². The van der Waals surface area contributed by atoms with Gasteiger partial charge in [0, 0.05) is 12.7 Å². The van der Waals surface area contributed by atoms with Crippen LogP contribution in [0, 0.1) is 27.7 Å². The monoisotopic (exact) mass is 413 g/mol. The summed E-state index contributed by atoms with van der Waals surface area (Å²) in [4.78, 5) is 32.9. The molecule has 0 bridgehead atoms. The van der Waals surface area contributed by atoms with Crippen LogP contribution < -0.4 is 5.32 Å². The van der Waals surface area contributed by atoms with E-state index in [-0.39, 0.29) is 18.4 Å². The summed E-state index contributed by atoms with van der Waals surface area (Å²) in [5.41, 5.74) is 4.68. The zero-order valence-electron chi connectivity index (χ0n) is 16.6. The first-order valence-corrected chi connectivity index (χ1v) is 10.6. The highest BCUT2D eigenvalue weighted by atomic mass is 32.1. The van der Waals surface area contributed by atoms with Gasteiger partial charge in [0.2, 0.25) is 5.91 Å². The molecule has 0 spiro atoms. The Morgan fingerprint density at radius 1 is 1.14 bits per heavy atom. The Kier molecular flexibility index (Phi) is 5.96. The molecule has 0 saturated heterocycles. The van der Waals surface area contributed by atoms with Gasteiger partial charge in [0.1, 0.15) is 9.88 Å². The minimum absolute atomic E-state index is 0.0166. The zero-order chi connectivity index (χ0) is 20.4. The number of carbonyl (C=O) groups is 2. The van der Waals surface area contributed by atoms with Crippen LogP contribution in [0.5, 0.6) is 0 Å². The molecule has 3 rings (SSSR count). The normalized spacial score (nSPS) is 10.8. The summed E-state index contributed by atoms with van der Waals surface area (Å²) in [6.07, 6.45) is 0.